The van der Waals surface area contributed by atoms with Crippen LogP contribution >= 0.6 is 27.7 Å². The van der Waals surface area contributed by atoms with Gasteiger partial charge in [-0.25, -0.2) is 0 Å². The van der Waals surface area contributed by atoms with Crippen molar-refractivity contribution < 1.29 is 19.2 Å². The van der Waals surface area contributed by atoms with E-state index in [9.17, 15) is 14.9 Å². The van der Waals surface area contributed by atoms with E-state index >= 15 is 0 Å². The van der Waals surface area contributed by atoms with Gasteiger partial charge >= 0.3 is 11.7 Å². The molecule has 0 fully saturated rings. The molecule has 2 rings (SSSR count). The number of benzene rings is 2. The lowest BCUT2D eigenvalue weighted by molar-refractivity contribution is -0.385. The molecule has 24 heavy (non-hydrogen) atoms. The first-order valence-electron chi connectivity index (χ1n) is 6.82. The maximum atomic E-state index is 12.0. The summed E-state index contributed by atoms with van der Waals surface area (Å²) < 4.78 is 11.0. The minimum atomic E-state index is -0.614. The van der Waals surface area contributed by atoms with Crippen LogP contribution in [-0.2, 0) is 4.79 Å². The molecule has 0 saturated heterocycles. The predicted octanol–water partition coefficient (Wildman–Crippen LogP) is 4.37. The molecule has 0 aliphatic rings. The Hall–Kier alpha value is -2.06. The highest BCUT2D eigenvalue weighted by Crippen LogP contribution is 2.32. The van der Waals surface area contributed by atoms with Crippen LogP contribution in [0.25, 0.3) is 0 Å². The molecule has 0 amide bonds. The Balaban J connectivity index is 2.05. The van der Waals surface area contributed by atoms with Gasteiger partial charge in [-0.15, -0.1) is 11.8 Å². The average molecular weight is 412 g/mol. The first-order chi connectivity index (χ1) is 11.4. The van der Waals surface area contributed by atoms with Gasteiger partial charge in [-0.2, -0.15) is 0 Å². The van der Waals surface area contributed by atoms with Crippen LogP contribution in [0.4, 0.5) is 5.69 Å². The number of hydrogen-bond donors (Lipinski definition) is 0. The maximum Gasteiger partial charge on any atom is 0.321 e. The molecule has 126 valence electrons. The molecule has 0 saturated carbocycles. The summed E-state index contributed by atoms with van der Waals surface area (Å²) in [6, 6.07) is 9.80. The van der Waals surface area contributed by atoms with Crippen LogP contribution in [0.15, 0.2) is 45.8 Å². The van der Waals surface area contributed by atoms with Crippen molar-refractivity contribution in [3.63, 3.8) is 0 Å². The quantitative estimate of drug-likeness (QED) is 0.231. The van der Waals surface area contributed by atoms with E-state index in [1.165, 1.54) is 37.1 Å². The number of esters is 1. The lowest BCUT2D eigenvalue weighted by Gasteiger charge is -2.08. The maximum absolute atomic E-state index is 12.0. The number of hydrogen-bond acceptors (Lipinski definition) is 6. The van der Waals surface area contributed by atoms with Crippen molar-refractivity contribution >= 4 is 39.3 Å². The normalized spacial score (nSPS) is 10.3. The van der Waals surface area contributed by atoms with Gasteiger partial charge in [-0.05, 0) is 42.8 Å². The number of rotatable bonds is 6. The summed E-state index contributed by atoms with van der Waals surface area (Å²) >= 11 is 4.69. The molecule has 0 aliphatic carbocycles. The smallest absolute Gasteiger partial charge is 0.321 e. The van der Waals surface area contributed by atoms with Crippen LogP contribution in [-0.4, -0.2) is 23.8 Å². The topological polar surface area (TPSA) is 78.7 Å². The number of carbonyl (C=O) groups is 1. The third kappa shape index (κ3) is 4.72. The van der Waals surface area contributed by atoms with Crippen LogP contribution in [0, 0.1) is 17.0 Å². The van der Waals surface area contributed by atoms with Gasteiger partial charge in [-0.3, -0.25) is 14.9 Å². The van der Waals surface area contributed by atoms with Gasteiger partial charge in [-0.1, -0.05) is 15.9 Å². The molecule has 0 aromatic heterocycles. The second-order valence-electron chi connectivity index (χ2n) is 4.76. The molecule has 0 unspecified atom stereocenters. The van der Waals surface area contributed by atoms with Crippen molar-refractivity contribution in [2.75, 3.05) is 12.9 Å². The molecule has 0 N–H and O–H groups in total. The molecule has 0 heterocycles. The van der Waals surface area contributed by atoms with Gasteiger partial charge in [0.2, 0.25) is 5.75 Å². The largest absolute Gasteiger partial charge is 0.496 e. The highest BCUT2D eigenvalue weighted by atomic mass is 79.9. The molecular formula is C16H14BrNO5S. The second-order valence-corrected chi connectivity index (χ2v) is 6.70. The highest BCUT2D eigenvalue weighted by Gasteiger charge is 2.19. The monoisotopic (exact) mass is 411 g/mol. The van der Waals surface area contributed by atoms with Gasteiger partial charge in [0.05, 0.1) is 23.9 Å². The van der Waals surface area contributed by atoms with Crippen molar-refractivity contribution in [1.82, 2.24) is 0 Å². The Bertz CT molecular complexity index is 781. The molecule has 2 aromatic carbocycles. The number of nitro benzene ring substituents is 1. The molecule has 6 nitrogen and oxygen atoms in total. The second kappa shape index (κ2) is 8.16. The summed E-state index contributed by atoms with van der Waals surface area (Å²) in [5.41, 5.74) is 0.713. The summed E-state index contributed by atoms with van der Waals surface area (Å²) in [5.74, 6) is -0.290. The van der Waals surface area contributed by atoms with Crippen LogP contribution < -0.4 is 9.47 Å². The van der Waals surface area contributed by atoms with Crippen LogP contribution in [0.2, 0.25) is 0 Å². The first kappa shape index (κ1) is 18.3. The van der Waals surface area contributed by atoms with Crippen molar-refractivity contribution in [3.8, 4) is 11.5 Å². The third-order valence-corrected chi connectivity index (χ3v) is 4.71. The summed E-state index contributed by atoms with van der Waals surface area (Å²) in [6.45, 7) is 1.94. The number of thioether (sulfide) groups is 1. The van der Waals surface area contributed by atoms with E-state index in [0.717, 1.165) is 14.9 Å². The van der Waals surface area contributed by atoms with E-state index in [0.29, 0.717) is 5.75 Å². The Morgan fingerprint density at radius 3 is 2.67 bits per heavy atom. The van der Waals surface area contributed by atoms with E-state index in [2.05, 4.69) is 15.9 Å². The molecule has 8 heteroatoms. The average Bonchev–Trinajstić information content (AvgIpc) is 2.54. The van der Waals surface area contributed by atoms with E-state index < -0.39 is 10.9 Å². The number of halogens is 1. The molecule has 0 bridgehead atoms. The molecule has 2 aromatic rings. The van der Waals surface area contributed by atoms with Gasteiger partial charge in [0.25, 0.3) is 0 Å². The lowest BCUT2D eigenvalue weighted by atomic mass is 10.2. The standard InChI is InChI=1S/C16H14BrNO5S/c1-10-7-11(17)3-6-15(10)24-9-16(19)23-14-5-4-12(22-2)8-13(14)18(20)21/h3-8H,9H2,1-2H3. The summed E-state index contributed by atoms with van der Waals surface area (Å²) in [5, 5.41) is 11.1. The number of ether oxygens (including phenoxy) is 2. The zero-order valence-corrected chi connectivity index (χ0v) is 15.3. The van der Waals surface area contributed by atoms with Gasteiger partial charge in [0.15, 0.2) is 0 Å². The zero-order valence-electron chi connectivity index (χ0n) is 12.9. The van der Waals surface area contributed by atoms with Crippen molar-refractivity contribution in [2.24, 2.45) is 0 Å². The number of carbonyl (C=O) groups excluding carboxylic acids is 1. The number of aryl methyl sites for hydroxylation is 1. The van der Waals surface area contributed by atoms with Gasteiger partial charge in [0.1, 0.15) is 5.75 Å². The number of methoxy groups -OCH3 is 1. The van der Waals surface area contributed by atoms with Crippen molar-refractivity contribution in [3.05, 3.63) is 56.5 Å². The molecule has 0 radical (unpaired) electrons. The van der Waals surface area contributed by atoms with Crippen molar-refractivity contribution in [1.29, 1.82) is 0 Å². The fourth-order valence-electron chi connectivity index (χ4n) is 1.92. The van der Waals surface area contributed by atoms with Gasteiger partial charge < -0.3 is 9.47 Å². The Labute approximate surface area is 151 Å². The fourth-order valence-corrected chi connectivity index (χ4v) is 3.18. The molecular weight excluding hydrogens is 398 g/mol. The van der Waals surface area contributed by atoms with E-state index in [4.69, 9.17) is 9.47 Å². The Kier molecular flexibility index (Phi) is 6.22. The molecule has 0 spiro atoms. The lowest BCUT2D eigenvalue weighted by Crippen LogP contribution is -2.12. The molecule has 0 aliphatic heterocycles. The minimum Gasteiger partial charge on any atom is -0.496 e. The Morgan fingerprint density at radius 1 is 1.29 bits per heavy atom. The predicted molar refractivity (Wildman–Crippen MR) is 94.9 cm³/mol. The summed E-state index contributed by atoms with van der Waals surface area (Å²) in [6.07, 6.45) is 0. The Morgan fingerprint density at radius 2 is 2.04 bits per heavy atom. The minimum absolute atomic E-state index is 0.0473. The third-order valence-electron chi connectivity index (χ3n) is 3.07. The fraction of sp³-hybridized carbons (Fsp3) is 0.188. The number of nitro groups is 1. The summed E-state index contributed by atoms with van der Waals surface area (Å²) in [4.78, 5) is 23.4. The number of nitrogens with zero attached hydrogens (tertiary/aromatic N) is 1. The molecule has 0 atom stereocenters. The SMILES string of the molecule is COc1ccc(OC(=O)CSc2ccc(Br)cc2C)c([N+](=O)[O-])c1. The zero-order chi connectivity index (χ0) is 17.7. The van der Waals surface area contributed by atoms with E-state index in [1.54, 1.807) is 0 Å². The van der Waals surface area contributed by atoms with Crippen molar-refractivity contribution in [2.45, 2.75) is 11.8 Å². The van der Waals surface area contributed by atoms with E-state index in [1.807, 2.05) is 25.1 Å². The highest BCUT2D eigenvalue weighted by molar-refractivity contribution is 9.10. The van der Waals surface area contributed by atoms with Crippen LogP contribution in [0.5, 0.6) is 11.5 Å². The summed E-state index contributed by atoms with van der Waals surface area (Å²) in [7, 11) is 1.40. The van der Waals surface area contributed by atoms with Crippen LogP contribution in [0.1, 0.15) is 5.56 Å². The van der Waals surface area contributed by atoms with Crippen LogP contribution in [0.3, 0.4) is 0 Å². The van der Waals surface area contributed by atoms with E-state index in [-0.39, 0.29) is 17.2 Å². The first-order valence-corrected chi connectivity index (χ1v) is 8.60. The van der Waals surface area contributed by atoms with Gasteiger partial charge in [0, 0.05) is 9.37 Å².